The fraction of sp³-hybridized carbons (Fsp3) is 0.462. The number of rotatable bonds is 3. The number of piperidine rings is 1. The first-order valence-electron chi connectivity index (χ1n) is 6.91. The Balaban J connectivity index is 1.86. The van der Waals surface area contributed by atoms with Gasteiger partial charge in [0, 0.05) is 13.1 Å². The summed E-state index contributed by atoms with van der Waals surface area (Å²) in [6.45, 7) is 1.68. The van der Waals surface area contributed by atoms with Crippen molar-refractivity contribution in [2.75, 3.05) is 13.1 Å². The molecule has 0 bridgehead atoms. The van der Waals surface area contributed by atoms with E-state index in [1.54, 1.807) is 12.1 Å². The number of alkyl halides is 1. The highest BCUT2D eigenvalue weighted by molar-refractivity contribution is 7.89. The van der Waals surface area contributed by atoms with E-state index in [0.29, 0.717) is 25.1 Å². The van der Waals surface area contributed by atoms with Crippen LogP contribution in [0.1, 0.15) is 19.8 Å². The van der Waals surface area contributed by atoms with Crippen molar-refractivity contribution < 1.29 is 12.8 Å². The van der Waals surface area contributed by atoms with Crippen LogP contribution in [0.5, 0.6) is 0 Å². The molecule has 1 fully saturated rings. The number of aromatic nitrogens is 4. The number of hydrogen-bond acceptors (Lipinski definition) is 5. The van der Waals surface area contributed by atoms with Gasteiger partial charge in [0.1, 0.15) is 12.0 Å². The molecule has 1 saturated heterocycles. The van der Waals surface area contributed by atoms with E-state index in [0.717, 1.165) is 0 Å². The summed E-state index contributed by atoms with van der Waals surface area (Å²) in [5.41, 5.74) is -0.824. The van der Waals surface area contributed by atoms with Gasteiger partial charge in [0.15, 0.2) is 0 Å². The molecule has 0 aliphatic carbocycles. The van der Waals surface area contributed by atoms with Crippen molar-refractivity contribution >= 4 is 10.0 Å². The average Bonchev–Trinajstić information content (AvgIpc) is 3.00. The summed E-state index contributed by atoms with van der Waals surface area (Å²) >= 11 is 0. The maximum atomic E-state index is 14.1. The van der Waals surface area contributed by atoms with Crippen molar-refractivity contribution in [1.29, 1.82) is 0 Å². The van der Waals surface area contributed by atoms with Gasteiger partial charge in [-0.25, -0.2) is 17.5 Å². The SMILES string of the molecule is CC1(F)CCCN(S(=O)(=O)c2ccc(-n3cnnn3)cc2)C1. The van der Waals surface area contributed by atoms with Crippen LogP contribution in [-0.4, -0.2) is 51.7 Å². The third kappa shape index (κ3) is 2.86. The molecule has 0 N–H and O–H groups in total. The molecule has 1 aromatic heterocycles. The molecule has 2 aromatic rings. The van der Waals surface area contributed by atoms with Crippen molar-refractivity contribution in [2.45, 2.75) is 30.3 Å². The fourth-order valence-electron chi connectivity index (χ4n) is 2.55. The van der Waals surface area contributed by atoms with Crippen LogP contribution in [0, 0.1) is 0 Å². The molecule has 1 aliphatic rings. The molecule has 0 spiro atoms. The van der Waals surface area contributed by atoms with E-state index in [9.17, 15) is 12.8 Å². The summed E-state index contributed by atoms with van der Waals surface area (Å²) in [4.78, 5) is 0.141. The highest BCUT2D eigenvalue weighted by atomic mass is 32.2. The molecule has 3 rings (SSSR count). The summed E-state index contributed by atoms with van der Waals surface area (Å²) in [6, 6.07) is 6.19. The first-order chi connectivity index (χ1) is 10.4. The predicted molar refractivity (Wildman–Crippen MR) is 76.7 cm³/mol. The molecule has 1 aliphatic heterocycles. The van der Waals surface area contributed by atoms with Gasteiger partial charge in [-0.3, -0.25) is 0 Å². The summed E-state index contributed by atoms with van der Waals surface area (Å²) in [5.74, 6) is 0. The average molecular weight is 325 g/mol. The minimum absolute atomic E-state index is 0.107. The lowest BCUT2D eigenvalue weighted by atomic mass is 9.99. The van der Waals surface area contributed by atoms with Crippen LogP contribution in [0.3, 0.4) is 0 Å². The molecule has 9 heteroatoms. The van der Waals surface area contributed by atoms with Crippen LogP contribution >= 0.6 is 0 Å². The summed E-state index contributed by atoms with van der Waals surface area (Å²) in [6.07, 6.45) is 2.33. The summed E-state index contributed by atoms with van der Waals surface area (Å²) in [7, 11) is -3.69. The van der Waals surface area contributed by atoms with Crippen LogP contribution in [0.2, 0.25) is 0 Å². The number of nitrogens with zero attached hydrogens (tertiary/aromatic N) is 5. The highest BCUT2D eigenvalue weighted by Gasteiger charge is 2.36. The second-order valence-corrected chi connectivity index (χ2v) is 7.54. The minimum Gasteiger partial charge on any atom is -0.243 e. The number of hydrogen-bond donors (Lipinski definition) is 0. The van der Waals surface area contributed by atoms with E-state index < -0.39 is 15.7 Å². The molecule has 22 heavy (non-hydrogen) atoms. The molecule has 0 saturated carbocycles. The molecule has 1 aromatic carbocycles. The van der Waals surface area contributed by atoms with Gasteiger partial charge >= 0.3 is 0 Å². The lowest BCUT2D eigenvalue weighted by Gasteiger charge is -2.34. The van der Waals surface area contributed by atoms with Crippen molar-refractivity contribution in [3.8, 4) is 5.69 Å². The molecule has 0 radical (unpaired) electrons. The van der Waals surface area contributed by atoms with Crippen LogP contribution in [-0.2, 0) is 10.0 Å². The van der Waals surface area contributed by atoms with Crippen LogP contribution in [0.4, 0.5) is 4.39 Å². The zero-order valence-corrected chi connectivity index (χ0v) is 12.9. The van der Waals surface area contributed by atoms with Gasteiger partial charge in [0.25, 0.3) is 0 Å². The van der Waals surface area contributed by atoms with E-state index in [-0.39, 0.29) is 11.4 Å². The standard InChI is InChI=1S/C13H16FN5O2S/c1-13(14)7-2-8-18(9-13)22(20,21)12-5-3-11(4-6-12)19-10-15-16-17-19/h3-6,10H,2,7-9H2,1H3. The van der Waals surface area contributed by atoms with Crippen molar-refractivity contribution in [3.63, 3.8) is 0 Å². The number of sulfonamides is 1. The van der Waals surface area contributed by atoms with Gasteiger partial charge in [0.05, 0.1) is 10.6 Å². The first-order valence-corrected chi connectivity index (χ1v) is 8.35. The molecular formula is C13H16FN5O2S. The smallest absolute Gasteiger partial charge is 0.243 e. The number of halogens is 1. The Labute approximate surface area is 127 Å². The normalized spacial score (nSPS) is 23.5. The second kappa shape index (κ2) is 5.40. The molecule has 2 heterocycles. The van der Waals surface area contributed by atoms with E-state index in [1.165, 1.54) is 34.4 Å². The van der Waals surface area contributed by atoms with Gasteiger partial charge in [0.2, 0.25) is 10.0 Å². The van der Waals surface area contributed by atoms with Crippen molar-refractivity contribution in [2.24, 2.45) is 0 Å². The van der Waals surface area contributed by atoms with E-state index in [2.05, 4.69) is 15.5 Å². The van der Waals surface area contributed by atoms with Crippen molar-refractivity contribution in [1.82, 2.24) is 24.5 Å². The van der Waals surface area contributed by atoms with Crippen LogP contribution in [0.25, 0.3) is 5.69 Å². The monoisotopic (exact) mass is 325 g/mol. The lowest BCUT2D eigenvalue weighted by Crippen LogP contribution is -2.46. The first kappa shape index (κ1) is 15.0. The van der Waals surface area contributed by atoms with E-state index in [4.69, 9.17) is 0 Å². The molecule has 0 amide bonds. The third-order valence-corrected chi connectivity index (χ3v) is 5.56. The topological polar surface area (TPSA) is 81.0 Å². The zero-order chi connectivity index (χ0) is 15.8. The van der Waals surface area contributed by atoms with Crippen LogP contribution in [0.15, 0.2) is 35.5 Å². The Bertz CT molecular complexity index is 743. The molecule has 1 unspecified atom stereocenters. The second-order valence-electron chi connectivity index (χ2n) is 5.60. The van der Waals surface area contributed by atoms with Gasteiger partial charge in [-0.2, -0.15) is 4.31 Å². The maximum Gasteiger partial charge on any atom is 0.243 e. The largest absolute Gasteiger partial charge is 0.243 e. The summed E-state index contributed by atoms with van der Waals surface area (Å²) < 4.78 is 41.9. The number of tetrazole rings is 1. The molecule has 7 nitrogen and oxygen atoms in total. The Morgan fingerprint density at radius 1 is 1.27 bits per heavy atom. The van der Waals surface area contributed by atoms with Crippen molar-refractivity contribution in [3.05, 3.63) is 30.6 Å². The Kier molecular flexibility index (Phi) is 3.69. The van der Waals surface area contributed by atoms with E-state index >= 15 is 0 Å². The van der Waals surface area contributed by atoms with Crippen LogP contribution < -0.4 is 0 Å². The van der Waals surface area contributed by atoms with Gasteiger partial charge < -0.3 is 0 Å². The predicted octanol–water partition coefficient (Wildman–Crippen LogP) is 1.17. The summed E-state index contributed by atoms with van der Waals surface area (Å²) in [5, 5.41) is 10.8. The maximum absolute atomic E-state index is 14.1. The van der Waals surface area contributed by atoms with Gasteiger partial charge in [-0.15, -0.1) is 5.10 Å². The van der Waals surface area contributed by atoms with Gasteiger partial charge in [-0.05, 0) is 54.5 Å². The molecule has 118 valence electrons. The Morgan fingerprint density at radius 3 is 2.59 bits per heavy atom. The number of benzene rings is 1. The lowest BCUT2D eigenvalue weighted by molar-refractivity contribution is 0.102. The zero-order valence-electron chi connectivity index (χ0n) is 12.1. The van der Waals surface area contributed by atoms with Gasteiger partial charge in [-0.1, -0.05) is 0 Å². The highest BCUT2D eigenvalue weighted by Crippen LogP contribution is 2.28. The fourth-order valence-corrected chi connectivity index (χ4v) is 4.14. The third-order valence-electron chi connectivity index (χ3n) is 3.70. The Hall–Kier alpha value is -1.87. The molecular weight excluding hydrogens is 309 g/mol. The minimum atomic E-state index is -3.69. The molecule has 1 atom stereocenters. The quantitative estimate of drug-likeness (QED) is 0.846. The van der Waals surface area contributed by atoms with E-state index in [1.807, 2.05) is 0 Å². The Morgan fingerprint density at radius 2 is 2.00 bits per heavy atom.